The van der Waals surface area contributed by atoms with E-state index in [-0.39, 0.29) is 11.9 Å². The third-order valence-corrected chi connectivity index (χ3v) is 5.49. The molecule has 30 heavy (non-hydrogen) atoms. The van der Waals surface area contributed by atoms with Crippen molar-refractivity contribution in [3.8, 4) is 11.5 Å². The van der Waals surface area contributed by atoms with Gasteiger partial charge in [-0.25, -0.2) is 4.98 Å². The largest absolute Gasteiger partial charge is 0.463 e. The third kappa shape index (κ3) is 3.59. The lowest BCUT2D eigenvalue weighted by atomic mass is 10.1. The van der Waals surface area contributed by atoms with Gasteiger partial charge in [-0.1, -0.05) is 35.5 Å². The van der Waals surface area contributed by atoms with E-state index in [4.69, 9.17) is 8.94 Å². The summed E-state index contributed by atoms with van der Waals surface area (Å²) in [5.74, 6) is 0.433. The fourth-order valence-corrected chi connectivity index (χ4v) is 4.02. The zero-order chi connectivity index (χ0) is 20.5. The molecule has 0 radical (unpaired) electrons. The predicted molar refractivity (Wildman–Crippen MR) is 112 cm³/mol. The number of fused-ring (bicyclic) bond motifs is 1. The van der Waals surface area contributed by atoms with Gasteiger partial charge in [0, 0.05) is 25.7 Å². The van der Waals surface area contributed by atoms with E-state index < -0.39 is 0 Å². The van der Waals surface area contributed by atoms with E-state index in [9.17, 15) is 4.79 Å². The van der Waals surface area contributed by atoms with E-state index in [0.717, 1.165) is 26.1 Å². The van der Waals surface area contributed by atoms with Gasteiger partial charge in [0.2, 0.25) is 0 Å². The summed E-state index contributed by atoms with van der Waals surface area (Å²) in [4.78, 5) is 20.0. The molecule has 0 unspecified atom stereocenters. The molecule has 152 valence electrons. The number of aryl methyl sites for hydroxylation is 1. The predicted octanol–water partition coefficient (Wildman–Crippen LogP) is 3.80. The number of hydrogen-bond donors (Lipinski definition) is 1. The van der Waals surface area contributed by atoms with Gasteiger partial charge in [-0.15, -0.1) is 0 Å². The summed E-state index contributed by atoms with van der Waals surface area (Å²) < 4.78 is 10.8. The van der Waals surface area contributed by atoms with Crippen LogP contribution in [0.3, 0.4) is 0 Å². The number of furan rings is 1. The number of amides is 1. The molecule has 4 aromatic rings. The van der Waals surface area contributed by atoms with Crippen LogP contribution in [0.25, 0.3) is 22.6 Å². The van der Waals surface area contributed by atoms with Crippen molar-refractivity contribution >= 4 is 17.0 Å². The zero-order valence-corrected chi connectivity index (χ0v) is 16.7. The van der Waals surface area contributed by atoms with Crippen LogP contribution in [0.4, 0.5) is 0 Å². The Kier molecular flexibility index (Phi) is 4.80. The van der Waals surface area contributed by atoms with Crippen LogP contribution in [0, 0.1) is 6.92 Å². The number of nitrogens with one attached hydrogen (secondary N) is 1. The molecule has 5 rings (SSSR count). The molecule has 4 heterocycles. The first-order valence-corrected chi connectivity index (χ1v) is 10.1. The summed E-state index contributed by atoms with van der Waals surface area (Å²) in [6.45, 7) is 4.48. The van der Waals surface area contributed by atoms with Crippen molar-refractivity contribution in [1.82, 2.24) is 20.4 Å². The van der Waals surface area contributed by atoms with Gasteiger partial charge in [0.05, 0.1) is 22.9 Å². The Labute approximate surface area is 173 Å². The molecule has 1 aliphatic heterocycles. The third-order valence-electron chi connectivity index (χ3n) is 5.49. The monoisotopic (exact) mass is 402 g/mol. The summed E-state index contributed by atoms with van der Waals surface area (Å²) >= 11 is 0. The van der Waals surface area contributed by atoms with Crippen LogP contribution in [0.2, 0.25) is 0 Å². The Morgan fingerprint density at radius 3 is 2.90 bits per heavy atom. The van der Waals surface area contributed by atoms with Gasteiger partial charge in [0.15, 0.2) is 5.76 Å². The average Bonchev–Trinajstić information content (AvgIpc) is 3.51. The van der Waals surface area contributed by atoms with Crippen LogP contribution >= 0.6 is 0 Å². The van der Waals surface area contributed by atoms with Crippen LogP contribution in [0.15, 0.2) is 63.7 Å². The molecule has 7 heteroatoms. The second kappa shape index (κ2) is 7.76. The van der Waals surface area contributed by atoms with Crippen LogP contribution < -0.4 is 5.32 Å². The highest BCUT2D eigenvalue weighted by Gasteiger charge is 2.26. The van der Waals surface area contributed by atoms with Crippen molar-refractivity contribution in [1.29, 1.82) is 0 Å². The molecular weight excluding hydrogens is 380 g/mol. The topological polar surface area (TPSA) is 84.4 Å². The number of nitrogens with zero attached hydrogens (tertiary/aromatic N) is 3. The lowest BCUT2D eigenvalue weighted by Crippen LogP contribution is -2.37. The molecule has 3 aromatic heterocycles. The van der Waals surface area contributed by atoms with Gasteiger partial charge >= 0.3 is 0 Å². The molecule has 0 saturated carbocycles. The Morgan fingerprint density at radius 2 is 2.10 bits per heavy atom. The minimum absolute atomic E-state index is 0.0941. The molecule has 1 fully saturated rings. The maximum absolute atomic E-state index is 13.2. The van der Waals surface area contributed by atoms with Crippen LogP contribution in [-0.4, -0.2) is 40.1 Å². The molecule has 1 saturated heterocycles. The van der Waals surface area contributed by atoms with Crippen molar-refractivity contribution in [3.05, 3.63) is 71.6 Å². The van der Waals surface area contributed by atoms with Gasteiger partial charge in [-0.3, -0.25) is 9.69 Å². The van der Waals surface area contributed by atoms with Crippen LogP contribution in [0.5, 0.6) is 0 Å². The van der Waals surface area contributed by atoms with Crippen molar-refractivity contribution in [3.63, 3.8) is 0 Å². The number of carbonyl (C=O) groups is 1. The Hall–Kier alpha value is -3.45. The molecule has 1 atom stereocenters. The SMILES string of the molecule is Cc1noc2nc(-c3ccco3)cc(C(=O)N[C@@H]3CCN(Cc4ccccc4)C3)c12. The van der Waals surface area contributed by atoms with Gasteiger partial charge < -0.3 is 14.3 Å². The average molecular weight is 402 g/mol. The summed E-state index contributed by atoms with van der Waals surface area (Å²) in [5.41, 5.74) is 3.32. The molecule has 1 aliphatic rings. The van der Waals surface area contributed by atoms with E-state index in [1.165, 1.54) is 5.56 Å². The highest BCUT2D eigenvalue weighted by atomic mass is 16.5. The number of benzene rings is 1. The van der Waals surface area contributed by atoms with Crippen molar-refractivity contribution < 1.29 is 13.7 Å². The molecule has 0 aliphatic carbocycles. The van der Waals surface area contributed by atoms with Gasteiger partial charge in [-0.2, -0.15) is 0 Å². The standard InChI is InChI=1S/C23H22N4O3/c1-15-21-18(12-19(20-8-5-11-29-20)25-23(21)30-26-15)22(28)24-17-9-10-27(14-17)13-16-6-3-2-4-7-16/h2-8,11-12,17H,9-10,13-14H2,1H3,(H,24,28)/t17-/m1/s1. The maximum atomic E-state index is 13.2. The number of rotatable bonds is 5. The van der Waals surface area contributed by atoms with Gasteiger partial charge in [-0.05, 0) is 37.1 Å². The van der Waals surface area contributed by atoms with Crippen molar-refractivity contribution in [2.75, 3.05) is 13.1 Å². The molecule has 1 amide bonds. The van der Waals surface area contributed by atoms with Crippen molar-refractivity contribution in [2.24, 2.45) is 0 Å². The minimum Gasteiger partial charge on any atom is -0.463 e. The zero-order valence-electron chi connectivity index (χ0n) is 16.7. The second-order valence-corrected chi connectivity index (χ2v) is 7.66. The highest BCUT2D eigenvalue weighted by Crippen LogP contribution is 2.27. The number of pyridine rings is 1. The maximum Gasteiger partial charge on any atom is 0.259 e. The van der Waals surface area contributed by atoms with E-state index in [2.05, 4.69) is 44.6 Å². The van der Waals surface area contributed by atoms with E-state index in [1.807, 2.05) is 13.0 Å². The number of likely N-dealkylation sites (tertiary alicyclic amines) is 1. The quantitative estimate of drug-likeness (QED) is 0.547. The summed E-state index contributed by atoms with van der Waals surface area (Å²) in [6, 6.07) is 15.8. The molecule has 7 nitrogen and oxygen atoms in total. The molecular formula is C23H22N4O3. The van der Waals surface area contributed by atoms with E-state index >= 15 is 0 Å². The first-order valence-electron chi connectivity index (χ1n) is 10.1. The lowest BCUT2D eigenvalue weighted by molar-refractivity contribution is 0.0939. The first kappa shape index (κ1) is 18.6. The Morgan fingerprint density at radius 1 is 1.23 bits per heavy atom. The van der Waals surface area contributed by atoms with E-state index in [0.29, 0.717) is 33.8 Å². The normalized spacial score (nSPS) is 16.9. The highest BCUT2D eigenvalue weighted by molar-refractivity contribution is 6.07. The number of aromatic nitrogens is 2. The fraction of sp³-hybridized carbons (Fsp3) is 0.261. The first-order chi connectivity index (χ1) is 14.7. The summed E-state index contributed by atoms with van der Waals surface area (Å²) in [5, 5.41) is 7.82. The second-order valence-electron chi connectivity index (χ2n) is 7.66. The fourth-order valence-electron chi connectivity index (χ4n) is 4.02. The molecule has 0 bridgehead atoms. The minimum atomic E-state index is -0.145. The van der Waals surface area contributed by atoms with Gasteiger partial charge in [0.25, 0.3) is 11.6 Å². The van der Waals surface area contributed by atoms with Crippen LogP contribution in [-0.2, 0) is 6.54 Å². The van der Waals surface area contributed by atoms with E-state index in [1.54, 1.807) is 24.5 Å². The van der Waals surface area contributed by atoms with Gasteiger partial charge in [0.1, 0.15) is 5.69 Å². The van der Waals surface area contributed by atoms with Crippen LogP contribution in [0.1, 0.15) is 28.0 Å². The summed E-state index contributed by atoms with van der Waals surface area (Å²) in [6.07, 6.45) is 2.49. The molecule has 1 aromatic carbocycles. The Bertz CT molecular complexity index is 1170. The van der Waals surface area contributed by atoms with Crippen molar-refractivity contribution in [2.45, 2.75) is 25.9 Å². The lowest BCUT2D eigenvalue weighted by Gasteiger charge is -2.17. The number of carbonyl (C=O) groups excluding carboxylic acids is 1. The summed E-state index contributed by atoms with van der Waals surface area (Å²) in [7, 11) is 0. The smallest absolute Gasteiger partial charge is 0.259 e. The molecule has 0 spiro atoms. The molecule has 1 N–H and O–H groups in total. The Balaban J connectivity index is 1.35. The number of hydrogen-bond acceptors (Lipinski definition) is 6.